The predicted molar refractivity (Wildman–Crippen MR) is 113 cm³/mol. The molecule has 4 aromatic rings. The predicted octanol–water partition coefficient (Wildman–Crippen LogP) is 5.90. The highest BCUT2D eigenvalue weighted by atomic mass is 16.5. The molecule has 1 N–H and O–H groups in total. The summed E-state index contributed by atoms with van der Waals surface area (Å²) in [6.07, 6.45) is 0. The van der Waals surface area contributed by atoms with Crippen molar-refractivity contribution in [1.29, 1.82) is 0 Å². The summed E-state index contributed by atoms with van der Waals surface area (Å²) >= 11 is 0. The van der Waals surface area contributed by atoms with Crippen LogP contribution >= 0.6 is 0 Å². The molecular weight excluding hydrogens is 346 g/mol. The Labute approximate surface area is 164 Å². The number of hydrogen-bond donors (Lipinski definition) is 1. The second-order valence-electron chi connectivity index (χ2n) is 6.66. The van der Waals surface area contributed by atoms with Gasteiger partial charge in [-0.05, 0) is 47.9 Å². The minimum absolute atomic E-state index is 0.0161. The number of ether oxygens (including phenoxy) is 1. The van der Waals surface area contributed by atoms with Crippen LogP contribution in [0.3, 0.4) is 0 Å². The highest BCUT2D eigenvalue weighted by Crippen LogP contribution is 2.35. The van der Waals surface area contributed by atoms with E-state index >= 15 is 0 Å². The zero-order chi connectivity index (χ0) is 19.5. The quantitative estimate of drug-likeness (QED) is 0.446. The Bertz CT molecular complexity index is 1090. The van der Waals surface area contributed by atoms with Crippen LogP contribution in [0.15, 0.2) is 84.9 Å². The molecule has 0 bridgehead atoms. The first-order chi connectivity index (χ1) is 13.7. The van der Waals surface area contributed by atoms with E-state index in [1.54, 1.807) is 7.11 Å². The number of rotatable bonds is 5. The maximum absolute atomic E-state index is 13.4. The van der Waals surface area contributed by atoms with Gasteiger partial charge in [0.05, 0.1) is 18.4 Å². The molecule has 28 heavy (non-hydrogen) atoms. The molecule has 0 radical (unpaired) electrons. The van der Waals surface area contributed by atoms with E-state index in [2.05, 4.69) is 4.98 Å². The Morgan fingerprint density at radius 2 is 1.32 bits per heavy atom. The van der Waals surface area contributed by atoms with E-state index in [-0.39, 0.29) is 5.78 Å². The van der Waals surface area contributed by atoms with Gasteiger partial charge in [-0.15, -0.1) is 0 Å². The van der Waals surface area contributed by atoms with Crippen molar-refractivity contribution < 1.29 is 9.53 Å². The van der Waals surface area contributed by atoms with Crippen molar-refractivity contribution in [2.45, 2.75) is 6.92 Å². The van der Waals surface area contributed by atoms with E-state index < -0.39 is 0 Å². The van der Waals surface area contributed by atoms with Gasteiger partial charge in [0.1, 0.15) is 5.75 Å². The van der Waals surface area contributed by atoms with E-state index in [0.29, 0.717) is 11.1 Å². The fourth-order valence-electron chi connectivity index (χ4n) is 3.48. The van der Waals surface area contributed by atoms with Crippen molar-refractivity contribution in [3.8, 4) is 28.3 Å². The molecule has 1 heterocycles. The lowest BCUT2D eigenvalue weighted by atomic mass is 9.95. The SMILES string of the molecule is COc1ccc(-c2[nH]c(-c3ccccc3)c(C)c2C(=O)c2ccccc2)cc1. The molecule has 0 aliphatic rings. The highest BCUT2D eigenvalue weighted by Gasteiger charge is 2.23. The van der Waals surface area contributed by atoms with E-state index in [1.165, 1.54) is 0 Å². The van der Waals surface area contributed by atoms with Gasteiger partial charge in [0.15, 0.2) is 5.78 Å². The summed E-state index contributed by atoms with van der Waals surface area (Å²) in [5.74, 6) is 0.800. The Balaban J connectivity index is 1.91. The number of methoxy groups -OCH3 is 1. The third-order valence-corrected chi connectivity index (χ3v) is 4.95. The summed E-state index contributed by atoms with van der Waals surface area (Å²) in [7, 11) is 1.64. The largest absolute Gasteiger partial charge is 0.497 e. The summed E-state index contributed by atoms with van der Waals surface area (Å²) in [5.41, 5.74) is 6.13. The van der Waals surface area contributed by atoms with Crippen LogP contribution < -0.4 is 4.74 Å². The number of aromatic amines is 1. The van der Waals surface area contributed by atoms with Crippen molar-refractivity contribution in [3.05, 3.63) is 102 Å². The van der Waals surface area contributed by atoms with Crippen LogP contribution in [-0.2, 0) is 0 Å². The van der Waals surface area contributed by atoms with Crippen LogP contribution in [-0.4, -0.2) is 17.9 Å². The van der Waals surface area contributed by atoms with E-state index in [0.717, 1.165) is 33.8 Å². The van der Waals surface area contributed by atoms with Gasteiger partial charge in [-0.2, -0.15) is 0 Å². The van der Waals surface area contributed by atoms with Crippen molar-refractivity contribution in [2.24, 2.45) is 0 Å². The molecule has 3 heteroatoms. The average Bonchev–Trinajstić information content (AvgIpc) is 3.11. The van der Waals surface area contributed by atoms with E-state index in [9.17, 15) is 4.79 Å². The molecular formula is C25H21NO2. The van der Waals surface area contributed by atoms with Gasteiger partial charge in [0.2, 0.25) is 0 Å². The van der Waals surface area contributed by atoms with Crippen LogP contribution in [0, 0.1) is 6.92 Å². The van der Waals surface area contributed by atoms with Gasteiger partial charge in [0, 0.05) is 11.3 Å². The molecule has 138 valence electrons. The smallest absolute Gasteiger partial charge is 0.195 e. The number of benzene rings is 3. The Morgan fingerprint density at radius 3 is 1.93 bits per heavy atom. The summed E-state index contributed by atoms with van der Waals surface area (Å²) < 4.78 is 5.27. The van der Waals surface area contributed by atoms with E-state index in [1.807, 2.05) is 91.9 Å². The van der Waals surface area contributed by atoms with Gasteiger partial charge in [0.25, 0.3) is 0 Å². The number of nitrogens with one attached hydrogen (secondary N) is 1. The molecule has 0 fully saturated rings. The minimum Gasteiger partial charge on any atom is -0.497 e. The Kier molecular flexibility index (Phi) is 4.81. The van der Waals surface area contributed by atoms with Crippen molar-refractivity contribution >= 4 is 5.78 Å². The molecule has 1 aromatic heterocycles. The number of aromatic nitrogens is 1. The first-order valence-corrected chi connectivity index (χ1v) is 9.21. The third kappa shape index (κ3) is 3.23. The second-order valence-corrected chi connectivity index (χ2v) is 6.66. The van der Waals surface area contributed by atoms with Crippen LogP contribution in [0.25, 0.3) is 22.5 Å². The summed E-state index contributed by atoms with van der Waals surface area (Å²) in [5, 5.41) is 0. The van der Waals surface area contributed by atoms with Crippen LogP contribution in [0.2, 0.25) is 0 Å². The molecule has 4 rings (SSSR count). The van der Waals surface area contributed by atoms with Gasteiger partial charge < -0.3 is 9.72 Å². The molecule has 0 saturated carbocycles. The zero-order valence-corrected chi connectivity index (χ0v) is 15.9. The van der Waals surface area contributed by atoms with Crippen LogP contribution in [0.1, 0.15) is 21.5 Å². The number of H-pyrrole nitrogens is 1. The van der Waals surface area contributed by atoms with E-state index in [4.69, 9.17) is 4.74 Å². The first-order valence-electron chi connectivity index (χ1n) is 9.21. The molecule has 0 unspecified atom stereocenters. The number of hydrogen-bond acceptors (Lipinski definition) is 2. The topological polar surface area (TPSA) is 42.1 Å². The first kappa shape index (κ1) is 17.8. The Hall–Kier alpha value is -3.59. The van der Waals surface area contributed by atoms with Gasteiger partial charge in [-0.3, -0.25) is 4.79 Å². The molecule has 0 aliphatic heterocycles. The fourth-order valence-corrected chi connectivity index (χ4v) is 3.48. The maximum Gasteiger partial charge on any atom is 0.195 e. The lowest BCUT2D eigenvalue weighted by molar-refractivity contribution is 0.103. The molecule has 0 atom stereocenters. The standard InChI is InChI=1S/C25H21NO2/c1-17-22(25(27)20-11-7-4-8-12-20)24(19-13-15-21(28-2)16-14-19)26-23(17)18-9-5-3-6-10-18/h3-16,26H,1-2H3. The average molecular weight is 367 g/mol. The lowest BCUT2D eigenvalue weighted by Gasteiger charge is -2.07. The van der Waals surface area contributed by atoms with Crippen molar-refractivity contribution in [1.82, 2.24) is 4.98 Å². The summed E-state index contributed by atoms with van der Waals surface area (Å²) in [4.78, 5) is 16.9. The molecule has 3 nitrogen and oxygen atoms in total. The molecule has 3 aromatic carbocycles. The van der Waals surface area contributed by atoms with Gasteiger partial charge in [-0.25, -0.2) is 0 Å². The normalized spacial score (nSPS) is 10.6. The van der Waals surface area contributed by atoms with Crippen molar-refractivity contribution in [2.75, 3.05) is 7.11 Å². The second kappa shape index (κ2) is 7.57. The lowest BCUT2D eigenvalue weighted by Crippen LogP contribution is -2.03. The number of ketones is 1. The molecule has 0 spiro atoms. The third-order valence-electron chi connectivity index (χ3n) is 4.95. The maximum atomic E-state index is 13.4. The minimum atomic E-state index is 0.0161. The summed E-state index contributed by atoms with van der Waals surface area (Å²) in [6.45, 7) is 2.00. The zero-order valence-electron chi connectivity index (χ0n) is 15.9. The van der Waals surface area contributed by atoms with Crippen molar-refractivity contribution in [3.63, 3.8) is 0 Å². The van der Waals surface area contributed by atoms with Gasteiger partial charge in [-0.1, -0.05) is 60.7 Å². The molecule has 0 amide bonds. The van der Waals surface area contributed by atoms with Crippen LogP contribution in [0.5, 0.6) is 5.75 Å². The number of carbonyl (C=O) groups excluding carboxylic acids is 1. The molecule has 0 saturated heterocycles. The molecule has 0 aliphatic carbocycles. The number of carbonyl (C=O) groups is 1. The summed E-state index contributed by atoms with van der Waals surface area (Å²) in [6, 6.07) is 27.3. The fraction of sp³-hybridized carbons (Fsp3) is 0.0800. The van der Waals surface area contributed by atoms with Gasteiger partial charge >= 0.3 is 0 Å². The monoisotopic (exact) mass is 367 g/mol. The Morgan fingerprint density at radius 1 is 0.750 bits per heavy atom. The van der Waals surface area contributed by atoms with Crippen LogP contribution in [0.4, 0.5) is 0 Å². The highest BCUT2D eigenvalue weighted by molar-refractivity contribution is 6.14.